The van der Waals surface area contributed by atoms with Crippen LogP contribution >= 0.6 is 0 Å². The SMILES string of the molecule is Cc1cccc(NC(=O)CN(C)C(=O)/C=C/c2cn(-c3ccccc3)nc2-c2cccnc2)c1C. The average molecular weight is 466 g/mol. The number of aromatic nitrogens is 3. The van der Waals surface area contributed by atoms with Crippen molar-refractivity contribution in [2.24, 2.45) is 0 Å². The van der Waals surface area contributed by atoms with Gasteiger partial charge in [-0.05, 0) is 61.4 Å². The third-order valence-corrected chi connectivity index (χ3v) is 5.74. The van der Waals surface area contributed by atoms with E-state index in [9.17, 15) is 9.59 Å². The van der Waals surface area contributed by atoms with Crippen LogP contribution in [0, 0.1) is 13.8 Å². The van der Waals surface area contributed by atoms with E-state index < -0.39 is 0 Å². The van der Waals surface area contributed by atoms with Gasteiger partial charge in [0.05, 0.1) is 12.2 Å². The molecule has 0 saturated carbocycles. The fourth-order valence-electron chi connectivity index (χ4n) is 3.61. The highest BCUT2D eigenvalue weighted by Gasteiger charge is 2.14. The maximum Gasteiger partial charge on any atom is 0.246 e. The number of benzene rings is 2. The molecule has 0 bridgehead atoms. The molecule has 2 heterocycles. The van der Waals surface area contributed by atoms with Crippen LogP contribution < -0.4 is 5.32 Å². The summed E-state index contributed by atoms with van der Waals surface area (Å²) in [6.45, 7) is 3.89. The van der Waals surface area contributed by atoms with Gasteiger partial charge in [0.15, 0.2) is 0 Å². The minimum absolute atomic E-state index is 0.0602. The Morgan fingerprint density at radius 1 is 1.03 bits per heavy atom. The number of nitrogens with zero attached hydrogens (tertiary/aromatic N) is 4. The van der Waals surface area contributed by atoms with Gasteiger partial charge >= 0.3 is 0 Å². The number of anilines is 1. The molecule has 35 heavy (non-hydrogen) atoms. The van der Waals surface area contributed by atoms with Crippen LogP contribution in [0.1, 0.15) is 16.7 Å². The third-order valence-electron chi connectivity index (χ3n) is 5.74. The second-order valence-corrected chi connectivity index (χ2v) is 8.28. The molecule has 7 heteroatoms. The summed E-state index contributed by atoms with van der Waals surface area (Å²) in [6, 6.07) is 19.3. The first-order valence-corrected chi connectivity index (χ1v) is 11.3. The minimum atomic E-state index is -0.286. The molecule has 0 fully saturated rings. The molecule has 0 saturated heterocycles. The highest BCUT2D eigenvalue weighted by atomic mass is 16.2. The van der Waals surface area contributed by atoms with Gasteiger partial charge in [-0.2, -0.15) is 5.10 Å². The lowest BCUT2D eigenvalue weighted by molar-refractivity contribution is -0.129. The van der Waals surface area contributed by atoms with Crippen molar-refractivity contribution >= 4 is 23.6 Å². The first-order chi connectivity index (χ1) is 16.9. The van der Waals surface area contributed by atoms with Gasteiger partial charge in [0.2, 0.25) is 11.8 Å². The van der Waals surface area contributed by atoms with Crippen LogP contribution in [0.2, 0.25) is 0 Å². The number of likely N-dealkylation sites (N-methyl/N-ethyl adjacent to an activating group) is 1. The van der Waals surface area contributed by atoms with Crippen molar-refractivity contribution in [3.8, 4) is 16.9 Å². The van der Waals surface area contributed by atoms with Crippen molar-refractivity contribution in [3.05, 3.63) is 102 Å². The van der Waals surface area contributed by atoms with Crippen LogP contribution in [-0.4, -0.2) is 45.1 Å². The Labute approximate surface area is 204 Å². The van der Waals surface area contributed by atoms with Crippen molar-refractivity contribution in [2.45, 2.75) is 13.8 Å². The number of rotatable bonds is 7. The first-order valence-electron chi connectivity index (χ1n) is 11.3. The van der Waals surface area contributed by atoms with Crippen molar-refractivity contribution in [2.75, 3.05) is 18.9 Å². The zero-order valence-electron chi connectivity index (χ0n) is 20.0. The topological polar surface area (TPSA) is 80.1 Å². The minimum Gasteiger partial charge on any atom is -0.333 e. The monoisotopic (exact) mass is 465 g/mol. The van der Waals surface area contributed by atoms with E-state index in [2.05, 4.69) is 10.3 Å². The average Bonchev–Trinajstić information content (AvgIpc) is 3.30. The lowest BCUT2D eigenvalue weighted by atomic mass is 10.1. The van der Waals surface area contributed by atoms with Crippen molar-refractivity contribution < 1.29 is 9.59 Å². The summed E-state index contributed by atoms with van der Waals surface area (Å²) in [5.41, 5.74) is 6.08. The fourth-order valence-corrected chi connectivity index (χ4v) is 3.61. The Bertz CT molecular complexity index is 1360. The van der Waals surface area contributed by atoms with Crippen LogP contribution in [0.15, 0.2) is 85.3 Å². The molecule has 4 aromatic rings. The Morgan fingerprint density at radius 2 is 1.83 bits per heavy atom. The molecular formula is C28H27N5O2. The second kappa shape index (κ2) is 10.6. The molecule has 0 atom stereocenters. The Balaban J connectivity index is 1.50. The van der Waals surface area contributed by atoms with Crippen LogP contribution in [0.5, 0.6) is 0 Å². The molecule has 0 radical (unpaired) electrons. The molecule has 2 amide bonds. The normalized spacial score (nSPS) is 10.9. The van der Waals surface area contributed by atoms with E-state index in [1.165, 1.54) is 11.0 Å². The summed E-state index contributed by atoms with van der Waals surface area (Å²) < 4.78 is 1.77. The standard InChI is InChI=1S/C28H27N5O2/c1-20-9-7-13-25(21(20)2)30-26(34)19-32(3)27(35)15-14-23-18-33(24-11-5-4-6-12-24)31-28(23)22-10-8-16-29-17-22/h4-18H,19H2,1-3H3,(H,30,34)/b15-14+. The number of carbonyl (C=O) groups excluding carboxylic acids is 2. The number of carbonyl (C=O) groups is 2. The van der Waals surface area contributed by atoms with Crippen molar-refractivity contribution in [3.63, 3.8) is 0 Å². The van der Waals surface area contributed by atoms with E-state index in [0.29, 0.717) is 5.69 Å². The zero-order valence-corrected chi connectivity index (χ0v) is 20.0. The van der Waals surface area contributed by atoms with Gasteiger partial charge in [-0.1, -0.05) is 30.3 Å². The van der Waals surface area contributed by atoms with Gasteiger partial charge in [0, 0.05) is 48.5 Å². The second-order valence-electron chi connectivity index (χ2n) is 8.28. The summed E-state index contributed by atoms with van der Waals surface area (Å²) in [7, 11) is 1.60. The zero-order chi connectivity index (χ0) is 24.8. The lowest BCUT2D eigenvalue weighted by Crippen LogP contribution is -2.34. The molecule has 2 aromatic carbocycles. The van der Waals surface area contributed by atoms with Gasteiger partial charge in [0.25, 0.3) is 0 Å². The van der Waals surface area contributed by atoms with Crippen LogP contribution in [0.3, 0.4) is 0 Å². The van der Waals surface area contributed by atoms with Gasteiger partial charge in [-0.25, -0.2) is 4.68 Å². The molecule has 0 aliphatic carbocycles. The van der Waals surface area contributed by atoms with Gasteiger partial charge in [-0.15, -0.1) is 0 Å². The quantitative estimate of drug-likeness (QED) is 0.403. The van der Waals surface area contributed by atoms with Gasteiger partial charge in [0.1, 0.15) is 5.69 Å². The van der Waals surface area contributed by atoms with Crippen LogP contribution in [0.4, 0.5) is 5.69 Å². The molecule has 0 aliphatic rings. The van der Waals surface area contributed by atoms with Crippen LogP contribution in [0.25, 0.3) is 23.0 Å². The molecule has 176 valence electrons. The van der Waals surface area contributed by atoms with Gasteiger partial charge < -0.3 is 10.2 Å². The largest absolute Gasteiger partial charge is 0.333 e. The number of aryl methyl sites for hydroxylation is 1. The van der Waals surface area contributed by atoms with E-state index in [-0.39, 0.29) is 18.4 Å². The van der Waals surface area contributed by atoms with Crippen molar-refractivity contribution in [1.82, 2.24) is 19.7 Å². The molecular weight excluding hydrogens is 438 g/mol. The van der Waals surface area contributed by atoms with E-state index in [4.69, 9.17) is 5.10 Å². The molecule has 1 N–H and O–H groups in total. The van der Waals surface area contributed by atoms with E-state index >= 15 is 0 Å². The molecule has 7 nitrogen and oxygen atoms in total. The summed E-state index contributed by atoms with van der Waals surface area (Å²) in [5.74, 6) is -0.540. The molecule has 0 spiro atoms. The molecule has 0 unspecified atom stereocenters. The maximum absolute atomic E-state index is 12.8. The van der Waals surface area contributed by atoms with Gasteiger partial charge in [-0.3, -0.25) is 14.6 Å². The van der Waals surface area contributed by atoms with E-state index in [0.717, 1.165) is 33.6 Å². The number of nitrogens with one attached hydrogen (secondary N) is 1. The number of amides is 2. The Kier molecular flexibility index (Phi) is 7.16. The number of pyridine rings is 1. The highest BCUT2D eigenvalue weighted by Crippen LogP contribution is 2.24. The molecule has 4 rings (SSSR count). The smallest absolute Gasteiger partial charge is 0.246 e. The number of hydrogen-bond donors (Lipinski definition) is 1. The number of hydrogen-bond acceptors (Lipinski definition) is 4. The lowest BCUT2D eigenvalue weighted by Gasteiger charge is -2.16. The first kappa shape index (κ1) is 23.6. The summed E-state index contributed by atoms with van der Waals surface area (Å²) in [5, 5.41) is 7.61. The molecule has 2 aromatic heterocycles. The highest BCUT2D eigenvalue weighted by molar-refractivity contribution is 5.98. The Morgan fingerprint density at radius 3 is 2.57 bits per heavy atom. The maximum atomic E-state index is 12.8. The fraction of sp³-hybridized carbons (Fsp3) is 0.143. The summed E-state index contributed by atoms with van der Waals surface area (Å²) in [4.78, 5) is 30.9. The van der Waals surface area contributed by atoms with Crippen LogP contribution in [-0.2, 0) is 9.59 Å². The summed E-state index contributed by atoms with van der Waals surface area (Å²) in [6.07, 6.45) is 8.48. The predicted molar refractivity (Wildman–Crippen MR) is 138 cm³/mol. The number of para-hydroxylation sites is 1. The van der Waals surface area contributed by atoms with E-state index in [1.54, 1.807) is 30.2 Å². The summed E-state index contributed by atoms with van der Waals surface area (Å²) >= 11 is 0. The van der Waals surface area contributed by atoms with Crippen molar-refractivity contribution in [1.29, 1.82) is 0 Å². The third kappa shape index (κ3) is 5.70. The Hall–Kier alpha value is -4.52. The van der Waals surface area contributed by atoms with E-state index in [1.807, 2.05) is 80.7 Å². The predicted octanol–water partition coefficient (Wildman–Crippen LogP) is 4.66. The molecule has 0 aliphatic heterocycles.